The summed E-state index contributed by atoms with van der Waals surface area (Å²) in [7, 11) is -4.12. The van der Waals surface area contributed by atoms with Gasteiger partial charge < -0.3 is 9.64 Å². The Hall–Kier alpha value is -2.09. The number of hydrogen-bond acceptors (Lipinski definition) is 5. The van der Waals surface area contributed by atoms with E-state index in [4.69, 9.17) is 10.3 Å². The van der Waals surface area contributed by atoms with Crippen LogP contribution in [0.3, 0.4) is 0 Å². The molecule has 0 aliphatic heterocycles. The lowest BCUT2D eigenvalue weighted by Crippen LogP contribution is -2.27. The van der Waals surface area contributed by atoms with Gasteiger partial charge in [-0.2, -0.15) is 0 Å². The van der Waals surface area contributed by atoms with Crippen LogP contribution in [-0.4, -0.2) is 45.5 Å². The lowest BCUT2D eigenvalue weighted by molar-refractivity contribution is 0.0466. The lowest BCUT2D eigenvalue weighted by atomic mass is 10.2. The van der Waals surface area contributed by atoms with Crippen LogP contribution in [0.25, 0.3) is 10.4 Å². The zero-order chi connectivity index (χ0) is 16.6. The van der Waals surface area contributed by atoms with Crippen LogP contribution in [0.2, 0.25) is 0 Å². The molecule has 0 saturated carbocycles. The zero-order valence-corrected chi connectivity index (χ0v) is 13.3. The molecule has 1 aromatic rings. The number of likely N-dealkylation sites (N-methyl/N-ethyl adjacent to an activating group) is 1. The van der Waals surface area contributed by atoms with Crippen molar-refractivity contribution in [3.8, 4) is 0 Å². The second kappa shape index (κ2) is 8.38. The molecule has 22 heavy (non-hydrogen) atoms. The second-order valence-corrected chi connectivity index (χ2v) is 5.92. The minimum atomic E-state index is -4.12. The molecule has 0 fully saturated rings. The van der Waals surface area contributed by atoms with Crippen LogP contribution in [0.1, 0.15) is 24.2 Å². The number of esters is 1. The number of benzene rings is 1. The van der Waals surface area contributed by atoms with Gasteiger partial charge in [0.05, 0.1) is 10.5 Å². The van der Waals surface area contributed by atoms with E-state index in [0.717, 1.165) is 19.2 Å². The first-order valence-electron chi connectivity index (χ1n) is 6.75. The van der Waals surface area contributed by atoms with Gasteiger partial charge >= 0.3 is 5.97 Å². The Morgan fingerprint density at radius 2 is 2.05 bits per heavy atom. The van der Waals surface area contributed by atoms with E-state index < -0.39 is 16.0 Å². The molecule has 0 bridgehead atoms. The highest BCUT2D eigenvalue weighted by molar-refractivity contribution is 7.90. The smallest absolute Gasteiger partial charge is 0.338 e. The predicted octanol–water partition coefficient (Wildman–Crippen LogP) is 2.18. The van der Waals surface area contributed by atoms with E-state index in [1.165, 1.54) is 18.2 Å². The van der Waals surface area contributed by atoms with Gasteiger partial charge in [0.1, 0.15) is 6.61 Å². The topological polar surface area (TPSA) is 112 Å². The second-order valence-electron chi connectivity index (χ2n) is 4.34. The summed E-state index contributed by atoms with van der Waals surface area (Å²) in [5.41, 5.74) is 8.33. The summed E-state index contributed by atoms with van der Waals surface area (Å²) in [5.74, 6) is -0.620. The Bertz CT molecular complexity index is 664. The molecule has 1 rings (SSSR count). The van der Waals surface area contributed by atoms with Gasteiger partial charge in [0, 0.05) is 16.0 Å². The van der Waals surface area contributed by atoms with Crippen molar-refractivity contribution < 1.29 is 17.9 Å². The third kappa shape index (κ3) is 5.03. The summed E-state index contributed by atoms with van der Waals surface area (Å²) >= 11 is 0. The molecule has 0 atom stereocenters. The Kier molecular flexibility index (Phi) is 6.84. The van der Waals surface area contributed by atoms with Gasteiger partial charge in [-0.05, 0) is 36.8 Å². The average Bonchev–Trinajstić information content (AvgIpc) is 2.51. The molecule has 0 radical (unpaired) electrons. The predicted molar refractivity (Wildman–Crippen MR) is 80.8 cm³/mol. The summed E-state index contributed by atoms with van der Waals surface area (Å²) in [4.78, 5) is 16.0. The van der Waals surface area contributed by atoms with Gasteiger partial charge in [-0.1, -0.05) is 19.9 Å². The maximum Gasteiger partial charge on any atom is 0.338 e. The standard InChI is InChI=1S/C13H18N4O4S/c1-3-17(4-2)8-9-21-13(18)11-6-5-7-12(10-11)22(19,20)16-15-14/h5-7,10H,3-4,8-9H2,1-2H3. The highest BCUT2D eigenvalue weighted by atomic mass is 32.2. The van der Waals surface area contributed by atoms with Crippen LogP contribution in [0, 0.1) is 0 Å². The number of rotatable bonds is 8. The molecule has 0 spiro atoms. The molecule has 120 valence electrons. The Balaban J connectivity index is 2.77. The summed E-state index contributed by atoms with van der Waals surface area (Å²) in [6.07, 6.45) is 0. The third-order valence-electron chi connectivity index (χ3n) is 3.05. The van der Waals surface area contributed by atoms with Gasteiger partial charge in [0.15, 0.2) is 0 Å². The number of sulfonamides is 1. The van der Waals surface area contributed by atoms with Crippen molar-refractivity contribution in [2.45, 2.75) is 18.7 Å². The van der Waals surface area contributed by atoms with Crippen molar-refractivity contribution in [2.24, 2.45) is 4.52 Å². The molecular weight excluding hydrogens is 308 g/mol. The normalized spacial score (nSPS) is 11.0. The number of azide groups is 1. The van der Waals surface area contributed by atoms with E-state index in [0.29, 0.717) is 6.54 Å². The van der Waals surface area contributed by atoms with Gasteiger partial charge in [-0.15, -0.1) is 0 Å². The maximum atomic E-state index is 11.9. The molecule has 1 aromatic carbocycles. The summed E-state index contributed by atoms with van der Waals surface area (Å²) in [6, 6.07) is 5.20. The molecule has 0 aliphatic rings. The fraction of sp³-hybridized carbons (Fsp3) is 0.462. The van der Waals surface area contributed by atoms with Gasteiger partial charge in [0.25, 0.3) is 10.0 Å². The Labute approximate surface area is 129 Å². The monoisotopic (exact) mass is 326 g/mol. The average molecular weight is 326 g/mol. The van der Waals surface area contributed by atoms with E-state index >= 15 is 0 Å². The molecule has 0 amide bonds. The first-order valence-corrected chi connectivity index (χ1v) is 8.19. The van der Waals surface area contributed by atoms with Crippen LogP contribution >= 0.6 is 0 Å². The van der Waals surface area contributed by atoms with Crippen LogP contribution in [0.15, 0.2) is 33.7 Å². The molecule has 0 N–H and O–H groups in total. The molecule has 0 heterocycles. The van der Waals surface area contributed by atoms with Crippen molar-refractivity contribution in [2.75, 3.05) is 26.2 Å². The molecule has 0 saturated heterocycles. The summed E-state index contributed by atoms with van der Waals surface area (Å²) in [6.45, 7) is 6.55. The van der Waals surface area contributed by atoms with Crippen molar-refractivity contribution in [1.29, 1.82) is 0 Å². The SMILES string of the molecule is CCN(CC)CCOC(=O)c1cccc(S(=O)(=O)N=[N+]=[N-])c1. The summed E-state index contributed by atoms with van der Waals surface area (Å²) < 4.78 is 31.1. The quantitative estimate of drug-likeness (QED) is 0.314. The van der Waals surface area contributed by atoms with Crippen LogP contribution in [0.4, 0.5) is 0 Å². The van der Waals surface area contributed by atoms with E-state index in [2.05, 4.69) is 14.3 Å². The minimum Gasteiger partial charge on any atom is -0.461 e. The molecule has 0 aromatic heterocycles. The fourth-order valence-corrected chi connectivity index (χ4v) is 2.49. The fourth-order valence-electron chi connectivity index (χ4n) is 1.77. The van der Waals surface area contributed by atoms with E-state index in [9.17, 15) is 13.2 Å². The minimum absolute atomic E-state index is 0.0914. The molecule has 8 nitrogen and oxygen atoms in total. The lowest BCUT2D eigenvalue weighted by Gasteiger charge is -2.17. The number of nitrogens with zero attached hydrogens (tertiary/aromatic N) is 4. The number of carbonyl (C=O) groups excluding carboxylic acids is 1. The van der Waals surface area contributed by atoms with Crippen LogP contribution in [-0.2, 0) is 14.8 Å². The van der Waals surface area contributed by atoms with Crippen molar-refractivity contribution in [1.82, 2.24) is 4.90 Å². The van der Waals surface area contributed by atoms with Crippen LogP contribution < -0.4 is 0 Å². The van der Waals surface area contributed by atoms with Crippen molar-refractivity contribution in [3.63, 3.8) is 0 Å². The van der Waals surface area contributed by atoms with E-state index in [-0.39, 0.29) is 17.1 Å². The first kappa shape index (κ1) is 18.0. The number of ether oxygens (including phenoxy) is 1. The van der Waals surface area contributed by atoms with Gasteiger partial charge in [0.2, 0.25) is 0 Å². The van der Waals surface area contributed by atoms with Gasteiger partial charge in [-0.3, -0.25) is 0 Å². The van der Waals surface area contributed by atoms with E-state index in [1.807, 2.05) is 13.8 Å². The molecular formula is C13H18N4O4S. The molecule has 0 aliphatic carbocycles. The van der Waals surface area contributed by atoms with Crippen molar-refractivity contribution in [3.05, 3.63) is 40.3 Å². The van der Waals surface area contributed by atoms with Crippen molar-refractivity contribution >= 4 is 16.0 Å². The first-order chi connectivity index (χ1) is 10.4. The van der Waals surface area contributed by atoms with Gasteiger partial charge in [-0.25, -0.2) is 13.2 Å². The Morgan fingerprint density at radius 3 is 2.64 bits per heavy atom. The molecule has 9 heteroatoms. The Morgan fingerprint density at radius 1 is 1.36 bits per heavy atom. The molecule has 0 unspecified atom stereocenters. The number of carbonyl (C=O) groups is 1. The number of hydrogen-bond donors (Lipinski definition) is 0. The largest absolute Gasteiger partial charge is 0.461 e. The maximum absolute atomic E-state index is 11.9. The van der Waals surface area contributed by atoms with Crippen LogP contribution in [0.5, 0.6) is 0 Å². The highest BCUT2D eigenvalue weighted by Crippen LogP contribution is 2.15. The summed E-state index contributed by atoms with van der Waals surface area (Å²) in [5, 5.41) is 0. The zero-order valence-electron chi connectivity index (χ0n) is 12.5. The highest BCUT2D eigenvalue weighted by Gasteiger charge is 2.15. The third-order valence-corrected chi connectivity index (χ3v) is 4.18. The van der Waals surface area contributed by atoms with E-state index in [1.54, 1.807) is 0 Å².